The molecule has 0 unspecified atom stereocenters. The molecule has 4 aromatic rings. The molecule has 0 heterocycles. The lowest BCUT2D eigenvalue weighted by atomic mass is 9.82. The Kier molecular flexibility index (Phi) is 3.90. The minimum atomic E-state index is -0.0226. The van der Waals surface area contributed by atoms with E-state index in [1.54, 1.807) is 0 Å². The van der Waals surface area contributed by atoms with Crippen LogP contribution in [0.4, 0.5) is 0 Å². The molecule has 0 spiro atoms. The average molecular weight is 346 g/mol. The van der Waals surface area contributed by atoms with Crippen molar-refractivity contribution in [3.63, 3.8) is 0 Å². The van der Waals surface area contributed by atoms with Crippen LogP contribution in [0.25, 0.3) is 0 Å². The summed E-state index contributed by atoms with van der Waals surface area (Å²) < 4.78 is 0. The second-order valence-electron chi connectivity index (χ2n) is 7.38. The van der Waals surface area contributed by atoms with Gasteiger partial charge in [-0.1, -0.05) is 121 Å². The first-order valence-corrected chi connectivity index (χ1v) is 9.63. The normalized spacial score (nSPS) is 20.1. The standard InChI is InChI=1S/C27H22/c1-5-13-21(14-6-1)25-26(22-15-7-2-8-16-22)27(25,23-17-9-3-10-18-23)24-19-11-4-12-20-24/h1-20,25-26H/t25-,26-/m0/s1. The SMILES string of the molecule is c1ccc([C@H]2[C@H](c3ccccc3)C2(c2ccccc2)c2ccccc2)cc1. The van der Waals surface area contributed by atoms with E-state index < -0.39 is 0 Å². The average Bonchev–Trinajstić information content (AvgIpc) is 3.48. The summed E-state index contributed by atoms with van der Waals surface area (Å²) >= 11 is 0. The largest absolute Gasteiger partial charge is 0.0622 e. The molecule has 1 fully saturated rings. The van der Waals surface area contributed by atoms with E-state index in [9.17, 15) is 0 Å². The zero-order chi connectivity index (χ0) is 18.1. The van der Waals surface area contributed by atoms with Gasteiger partial charge in [0.1, 0.15) is 0 Å². The molecule has 0 radical (unpaired) electrons. The Morgan fingerprint density at radius 1 is 0.370 bits per heavy atom. The lowest BCUT2D eigenvalue weighted by Gasteiger charge is -2.20. The second kappa shape index (κ2) is 6.55. The van der Waals surface area contributed by atoms with E-state index in [0.29, 0.717) is 11.8 Å². The fourth-order valence-electron chi connectivity index (χ4n) is 4.93. The molecule has 0 N–H and O–H groups in total. The summed E-state index contributed by atoms with van der Waals surface area (Å²) in [5, 5.41) is 0. The molecule has 27 heavy (non-hydrogen) atoms. The molecule has 0 saturated heterocycles. The van der Waals surface area contributed by atoms with E-state index in [2.05, 4.69) is 121 Å². The molecule has 0 bridgehead atoms. The number of rotatable bonds is 4. The summed E-state index contributed by atoms with van der Waals surface area (Å²) in [5.74, 6) is 0.872. The summed E-state index contributed by atoms with van der Waals surface area (Å²) in [6, 6.07) is 44.1. The number of hydrogen-bond acceptors (Lipinski definition) is 0. The van der Waals surface area contributed by atoms with Crippen molar-refractivity contribution in [1.29, 1.82) is 0 Å². The number of benzene rings is 4. The molecule has 1 aliphatic rings. The highest BCUT2D eigenvalue weighted by molar-refractivity contribution is 5.61. The maximum atomic E-state index is 2.30. The van der Waals surface area contributed by atoms with Crippen LogP contribution in [0.1, 0.15) is 34.1 Å². The lowest BCUT2D eigenvalue weighted by molar-refractivity contribution is 0.782. The summed E-state index contributed by atoms with van der Waals surface area (Å²) in [7, 11) is 0. The first-order chi connectivity index (χ1) is 13.4. The Labute approximate surface area is 161 Å². The quantitative estimate of drug-likeness (QED) is 0.393. The Bertz CT molecular complexity index is 918. The van der Waals surface area contributed by atoms with Crippen molar-refractivity contribution < 1.29 is 0 Å². The first-order valence-electron chi connectivity index (χ1n) is 9.63. The van der Waals surface area contributed by atoms with Gasteiger partial charge in [0.2, 0.25) is 0 Å². The third-order valence-corrected chi connectivity index (χ3v) is 6.03. The monoisotopic (exact) mass is 346 g/mol. The minimum absolute atomic E-state index is 0.0226. The second-order valence-corrected chi connectivity index (χ2v) is 7.38. The van der Waals surface area contributed by atoms with Gasteiger partial charge in [0, 0.05) is 17.3 Å². The smallest absolute Gasteiger partial charge is 0.0352 e. The Hall–Kier alpha value is -3.12. The predicted molar refractivity (Wildman–Crippen MR) is 112 cm³/mol. The Morgan fingerprint density at radius 3 is 1.00 bits per heavy atom. The van der Waals surface area contributed by atoms with Crippen molar-refractivity contribution in [3.05, 3.63) is 144 Å². The summed E-state index contributed by atoms with van der Waals surface area (Å²) in [4.78, 5) is 0. The fraction of sp³-hybridized carbons (Fsp3) is 0.111. The van der Waals surface area contributed by atoms with E-state index in [0.717, 1.165) is 0 Å². The van der Waals surface area contributed by atoms with Crippen LogP contribution in [0, 0.1) is 0 Å². The van der Waals surface area contributed by atoms with Crippen molar-refractivity contribution in [2.45, 2.75) is 17.3 Å². The molecule has 4 aromatic carbocycles. The van der Waals surface area contributed by atoms with Crippen LogP contribution in [0.2, 0.25) is 0 Å². The van der Waals surface area contributed by atoms with E-state index in [-0.39, 0.29) is 5.41 Å². The Morgan fingerprint density at radius 2 is 0.667 bits per heavy atom. The van der Waals surface area contributed by atoms with Gasteiger partial charge >= 0.3 is 0 Å². The molecular weight excluding hydrogens is 324 g/mol. The molecule has 0 aromatic heterocycles. The molecular formula is C27H22. The van der Waals surface area contributed by atoms with Crippen molar-refractivity contribution >= 4 is 0 Å². The predicted octanol–water partition coefficient (Wildman–Crippen LogP) is 6.55. The van der Waals surface area contributed by atoms with Crippen LogP contribution in [0.5, 0.6) is 0 Å². The van der Waals surface area contributed by atoms with Gasteiger partial charge in [-0.05, 0) is 22.3 Å². The molecule has 1 aliphatic carbocycles. The highest BCUT2D eigenvalue weighted by Crippen LogP contribution is 2.73. The molecule has 130 valence electrons. The van der Waals surface area contributed by atoms with Crippen LogP contribution in [0.15, 0.2) is 121 Å². The summed E-state index contributed by atoms with van der Waals surface area (Å²) in [5.41, 5.74) is 5.61. The highest BCUT2D eigenvalue weighted by Gasteiger charge is 2.66. The third-order valence-electron chi connectivity index (χ3n) is 6.03. The molecule has 2 atom stereocenters. The molecule has 0 nitrogen and oxygen atoms in total. The molecule has 5 rings (SSSR count). The van der Waals surface area contributed by atoms with Crippen LogP contribution in [-0.4, -0.2) is 0 Å². The van der Waals surface area contributed by atoms with Crippen molar-refractivity contribution in [1.82, 2.24) is 0 Å². The van der Waals surface area contributed by atoms with E-state index in [4.69, 9.17) is 0 Å². The van der Waals surface area contributed by atoms with Gasteiger partial charge in [-0.2, -0.15) is 0 Å². The van der Waals surface area contributed by atoms with Gasteiger partial charge in [0.15, 0.2) is 0 Å². The molecule has 0 amide bonds. The van der Waals surface area contributed by atoms with E-state index in [1.165, 1.54) is 22.3 Å². The van der Waals surface area contributed by atoms with Gasteiger partial charge in [0.05, 0.1) is 0 Å². The maximum absolute atomic E-state index is 2.30. The van der Waals surface area contributed by atoms with Gasteiger partial charge in [-0.25, -0.2) is 0 Å². The van der Waals surface area contributed by atoms with Gasteiger partial charge in [-0.3, -0.25) is 0 Å². The lowest BCUT2D eigenvalue weighted by Crippen LogP contribution is -2.13. The zero-order valence-electron chi connectivity index (χ0n) is 15.2. The fourth-order valence-corrected chi connectivity index (χ4v) is 4.93. The van der Waals surface area contributed by atoms with Gasteiger partial charge in [-0.15, -0.1) is 0 Å². The summed E-state index contributed by atoms with van der Waals surface area (Å²) in [6.45, 7) is 0. The van der Waals surface area contributed by atoms with E-state index in [1.807, 2.05) is 0 Å². The van der Waals surface area contributed by atoms with Crippen molar-refractivity contribution in [2.24, 2.45) is 0 Å². The molecule has 1 saturated carbocycles. The van der Waals surface area contributed by atoms with Crippen molar-refractivity contribution in [3.8, 4) is 0 Å². The van der Waals surface area contributed by atoms with Gasteiger partial charge < -0.3 is 0 Å². The van der Waals surface area contributed by atoms with Crippen molar-refractivity contribution in [2.75, 3.05) is 0 Å². The maximum Gasteiger partial charge on any atom is 0.0352 e. The van der Waals surface area contributed by atoms with Crippen LogP contribution in [0.3, 0.4) is 0 Å². The third kappa shape index (κ3) is 2.52. The Balaban J connectivity index is 1.77. The topological polar surface area (TPSA) is 0 Å². The first kappa shape index (κ1) is 16.1. The molecule has 0 aliphatic heterocycles. The van der Waals surface area contributed by atoms with E-state index >= 15 is 0 Å². The highest BCUT2D eigenvalue weighted by atomic mass is 14.7. The van der Waals surface area contributed by atoms with Crippen LogP contribution >= 0.6 is 0 Å². The molecule has 0 heteroatoms. The van der Waals surface area contributed by atoms with Gasteiger partial charge in [0.25, 0.3) is 0 Å². The summed E-state index contributed by atoms with van der Waals surface area (Å²) in [6.07, 6.45) is 0. The minimum Gasteiger partial charge on any atom is -0.0622 e. The number of hydrogen-bond donors (Lipinski definition) is 0. The zero-order valence-corrected chi connectivity index (χ0v) is 15.2. The van der Waals surface area contributed by atoms with Crippen LogP contribution < -0.4 is 0 Å². The van der Waals surface area contributed by atoms with Crippen LogP contribution in [-0.2, 0) is 5.41 Å².